The van der Waals surface area contributed by atoms with Crippen LogP contribution in [0.25, 0.3) is 0 Å². The SMILES string of the molecule is O=C(Nc1ccc(CCNC(=O)NS(=O)(=O)C2CC2)cc1)Nc1ccc(C(F)(F)F)c(Cl)c1. The molecule has 4 amide bonds. The number of anilines is 2. The fourth-order valence-corrected chi connectivity index (χ4v) is 4.36. The molecule has 8 nitrogen and oxygen atoms in total. The van der Waals surface area contributed by atoms with Crippen LogP contribution < -0.4 is 20.7 Å². The van der Waals surface area contributed by atoms with Gasteiger partial charge in [0.05, 0.1) is 15.8 Å². The molecular formula is C20H20ClF3N4O4S. The Bertz CT molecular complexity index is 1140. The number of amides is 4. The van der Waals surface area contributed by atoms with E-state index >= 15 is 0 Å². The molecule has 0 atom stereocenters. The number of urea groups is 2. The first kappa shape index (κ1) is 24.6. The standard InChI is InChI=1S/C20H20ClF3N4O4S/c21-17-11-14(5-8-16(17)20(22,23)24)27-19(30)26-13-3-1-12(2-4-13)9-10-25-18(29)28-33(31,32)15-6-7-15/h1-5,8,11,15H,6-7,9-10H2,(H2,25,28,29)(H2,26,27,30). The molecule has 0 spiro atoms. The van der Waals surface area contributed by atoms with Crippen molar-refractivity contribution in [2.75, 3.05) is 17.2 Å². The monoisotopic (exact) mass is 504 g/mol. The van der Waals surface area contributed by atoms with Crippen LogP contribution in [0.15, 0.2) is 42.5 Å². The molecule has 1 fully saturated rings. The van der Waals surface area contributed by atoms with Crippen LogP contribution in [-0.4, -0.2) is 32.3 Å². The van der Waals surface area contributed by atoms with Gasteiger partial charge in [0.2, 0.25) is 10.0 Å². The van der Waals surface area contributed by atoms with Gasteiger partial charge < -0.3 is 16.0 Å². The number of benzene rings is 2. The molecule has 33 heavy (non-hydrogen) atoms. The first-order chi connectivity index (χ1) is 15.4. The van der Waals surface area contributed by atoms with Crippen LogP contribution in [0.3, 0.4) is 0 Å². The maximum atomic E-state index is 12.7. The summed E-state index contributed by atoms with van der Waals surface area (Å²) in [7, 11) is -3.60. The van der Waals surface area contributed by atoms with Crippen molar-refractivity contribution in [1.29, 1.82) is 0 Å². The molecule has 0 bridgehead atoms. The highest BCUT2D eigenvalue weighted by atomic mass is 35.5. The minimum absolute atomic E-state index is 0.0928. The van der Waals surface area contributed by atoms with Gasteiger partial charge in [-0.15, -0.1) is 0 Å². The van der Waals surface area contributed by atoms with Crippen molar-refractivity contribution in [3.8, 4) is 0 Å². The van der Waals surface area contributed by atoms with E-state index in [0.717, 1.165) is 23.8 Å². The highest BCUT2D eigenvalue weighted by molar-refractivity contribution is 7.90. The summed E-state index contributed by atoms with van der Waals surface area (Å²) >= 11 is 5.63. The molecule has 2 aromatic carbocycles. The van der Waals surface area contributed by atoms with Crippen LogP contribution in [0.2, 0.25) is 5.02 Å². The zero-order valence-electron chi connectivity index (χ0n) is 17.0. The number of rotatable bonds is 7. The first-order valence-corrected chi connectivity index (χ1v) is 11.7. The van der Waals surface area contributed by atoms with Gasteiger partial charge >= 0.3 is 18.2 Å². The van der Waals surface area contributed by atoms with Crippen LogP contribution in [0.5, 0.6) is 0 Å². The summed E-state index contributed by atoms with van der Waals surface area (Å²) in [6.07, 6.45) is -3.06. The lowest BCUT2D eigenvalue weighted by molar-refractivity contribution is -0.137. The Morgan fingerprint density at radius 1 is 0.970 bits per heavy atom. The summed E-state index contributed by atoms with van der Waals surface area (Å²) in [5.41, 5.74) is 0.341. The Kier molecular flexibility index (Phi) is 7.38. The fraction of sp³-hybridized carbons (Fsp3) is 0.300. The van der Waals surface area contributed by atoms with Crippen molar-refractivity contribution in [3.05, 3.63) is 58.6 Å². The lowest BCUT2D eigenvalue weighted by atomic mass is 10.1. The number of sulfonamides is 1. The van der Waals surface area contributed by atoms with Crippen LogP contribution in [0.4, 0.5) is 34.1 Å². The number of hydrogen-bond acceptors (Lipinski definition) is 4. The number of nitrogens with one attached hydrogen (secondary N) is 4. The molecule has 1 aliphatic rings. The minimum atomic E-state index is -4.59. The van der Waals surface area contributed by atoms with Gasteiger partial charge in [0.25, 0.3) is 0 Å². The molecule has 0 radical (unpaired) electrons. The third kappa shape index (κ3) is 7.26. The topological polar surface area (TPSA) is 116 Å². The van der Waals surface area contributed by atoms with E-state index in [0.29, 0.717) is 24.9 Å². The second kappa shape index (κ2) is 9.87. The summed E-state index contributed by atoms with van der Waals surface area (Å²) in [5.74, 6) is 0. The number of halogens is 4. The number of carbonyl (C=O) groups excluding carboxylic acids is 2. The molecule has 3 rings (SSSR count). The summed E-state index contributed by atoms with van der Waals surface area (Å²) in [5, 5.41) is 6.39. The third-order valence-corrected chi connectivity index (χ3v) is 6.77. The number of carbonyl (C=O) groups is 2. The second-order valence-electron chi connectivity index (χ2n) is 7.32. The Balaban J connectivity index is 1.44. The molecule has 1 saturated carbocycles. The van der Waals surface area contributed by atoms with Crippen LogP contribution in [-0.2, 0) is 22.6 Å². The second-order valence-corrected chi connectivity index (χ2v) is 9.69. The maximum Gasteiger partial charge on any atom is 0.417 e. The number of hydrogen-bond donors (Lipinski definition) is 4. The van der Waals surface area contributed by atoms with Gasteiger partial charge in [0, 0.05) is 17.9 Å². The van der Waals surface area contributed by atoms with Crippen LogP contribution >= 0.6 is 11.6 Å². The predicted molar refractivity (Wildman–Crippen MR) is 118 cm³/mol. The Hall–Kier alpha value is -2.99. The average Bonchev–Trinajstić information content (AvgIpc) is 3.54. The molecule has 1 aliphatic carbocycles. The third-order valence-electron chi connectivity index (χ3n) is 4.64. The summed E-state index contributed by atoms with van der Waals surface area (Å²) in [6, 6.07) is 8.04. The summed E-state index contributed by atoms with van der Waals surface area (Å²) < 4.78 is 63.6. The van der Waals surface area contributed by atoms with E-state index in [1.165, 1.54) is 0 Å². The largest absolute Gasteiger partial charge is 0.417 e. The van der Waals surface area contributed by atoms with E-state index in [4.69, 9.17) is 11.6 Å². The Labute approximate surface area is 192 Å². The van der Waals surface area contributed by atoms with Crippen molar-refractivity contribution >= 4 is 45.1 Å². The van der Waals surface area contributed by atoms with E-state index < -0.39 is 44.1 Å². The lowest BCUT2D eigenvalue weighted by Crippen LogP contribution is -2.41. The molecule has 4 N–H and O–H groups in total. The van der Waals surface area contributed by atoms with E-state index in [1.807, 2.05) is 4.72 Å². The fourth-order valence-electron chi connectivity index (χ4n) is 2.82. The molecule has 0 heterocycles. The minimum Gasteiger partial charge on any atom is -0.337 e. The van der Waals surface area contributed by atoms with Crippen molar-refractivity contribution in [3.63, 3.8) is 0 Å². The van der Waals surface area contributed by atoms with E-state index in [-0.39, 0.29) is 12.2 Å². The number of alkyl halides is 3. The van der Waals surface area contributed by atoms with E-state index in [9.17, 15) is 31.2 Å². The zero-order valence-corrected chi connectivity index (χ0v) is 18.6. The van der Waals surface area contributed by atoms with Gasteiger partial charge in [-0.05, 0) is 55.2 Å². The molecule has 0 saturated heterocycles. The van der Waals surface area contributed by atoms with Gasteiger partial charge in [-0.2, -0.15) is 13.2 Å². The van der Waals surface area contributed by atoms with Gasteiger partial charge in [0.15, 0.2) is 0 Å². The van der Waals surface area contributed by atoms with Gasteiger partial charge in [-0.25, -0.2) is 22.7 Å². The van der Waals surface area contributed by atoms with Crippen LogP contribution in [0, 0.1) is 0 Å². The van der Waals surface area contributed by atoms with Gasteiger partial charge in [-0.3, -0.25) is 0 Å². The Morgan fingerprint density at radius 3 is 2.15 bits per heavy atom. The molecule has 0 aliphatic heterocycles. The molecular weight excluding hydrogens is 485 g/mol. The molecule has 0 unspecified atom stereocenters. The molecule has 0 aromatic heterocycles. The lowest BCUT2D eigenvalue weighted by Gasteiger charge is -2.12. The first-order valence-electron chi connectivity index (χ1n) is 9.77. The summed E-state index contributed by atoms with van der Waals surface area (Å²) in [4.78, 5) is 23.8. The molecule has 2 aromatic rings. The van der Waals surface area contributed by atoms with E-state index in [1.54, 1.807) is 24.3 Å². The zero-order chi connectivity index (χ0) is 24.2. The normalized spacial score (nSPS) is 13.8. The van der Waals surface area contributed by atoms with Crippen LogP contribution in [0.1, 0.15) is 24.0 Å². The van der Waals surface area contributed by atoms with Crippen molar-refractivity contribution in [2.45, 2.75) is 30.7 Å². The smallest absolute Gasteiger partial charge is 0.337 e. The average molecular weight is 505 g/mol. The summed E-state index contributed by atoms with van der Waals surface area (Å²) in [6.45, 7) is 0.202. The highest BCUT2D eigenvalue weighted by Gasteiger charge is 2.36. The molecule has 178 valence electrons. The van der Waals surface area contributed by atoms with Gasteiger partial charge in [0.1, 0.15) is 0 Å². The maximum absolute atomic E-state index is 12.7. The van der Waals surface area contributed by atoms with Crippen molar-refractivity contribution in [2.24, 2.45) is 0 Å². The molecule has 13 heteroatoms. The van der Waals surface area contributed by atoms with Crippen molar-refractivity contribution < 1.29 is 31.2 Å². The highest BCUT2D eigenvalue weighted by Crippen LogP contribution is 2.35. The van der Waals surface area contributed by atoms with Crippen molar-refractivity contribution in [1.82, 2.24) is 10.0 Å². The quantitative estimate of drug-likeness (QED) is 0.449. The Morgan fingerprint density at radius 2 is 1.58 bits per heavy atom. The predicted octanol–water partition coefficient (Wildman–Crippen LogP) is 4.34. The van der Waals surface area contributed by atoms with E-state index in [2.05, 4.69) is 16.0 Å². The van der Waals surface area contributed by atoms with Gasteiger partial charge in [-0.1, -0.05) is 23.7 Å².